The molecule has 0 amide bonds. The van der Waals surface area contributed by atoms with Gasteiger partial charge in [0.25, 0.3) is 0 Å². The number of nitrogens with zero attached hydrogens (tertiary/aromatic N) is 1. The van der Waals surface area contributed by atoms with Crippen molar-refractivity contribution in [3.63, 3.8) is 0 Å². The van der Waals surface area contributed by atoms with Crippen LogP contribution in [0.5, 0.6) is 0 Å². The topological polar surface area (TPSA) is 90.7 Å². The highest BCUT2D eigenvalue weighted by Crippen LogP contribution is 2.60. The predicted molar refractivity (Wildman–Crippen MR) is 149 cm³/mol. The molecule has 0 bridgehead atoms. The minimum Gasteiger partial charge on any atom is -0.393 e. The summed E-state index contributed by atoms with van der Waals surface area (Å²) in [6.45, 7) is 8.76. The molecule has 5 nitrogen and oxygen atoms in total. The van der Waals surface area contributed by atoms with E-state index in [4.69, 9.17) is 0 Å². The van der Waals surface area contributed by atoms with Crippen LogP contribution in [-0.2, 0) is 0 Å². The zero-order chi connectivity index (χ0) is 27.1. The van der Waals surface area contributed by atoms with Gasteiger partial charge in [-0.3, -0.25) is 9.78 Å². The molecule has 0 saturated heterocycles. The smallest absolute Gasteiger partial charge is 0.190 e. The summed E-state index contributed by atoms with van der Waals surface area (Å²) in [7, 11) is 0. The van der Waals surface area contributed by atoms with E-state index in [1.807, 2.05) is 12.1 Å². The average molecular weight is 518 g/mol. The van der Waals surface area contributed by atoms with Crippen LogP contribution in [0.4, 0.5) is 0 Å². The Morgan fingerprint density at radius 1 is 1.16 bits per heavy atom. The molecule has 38 heavy (non-hydrogen) atoms. The third-order valence-corrected chi connectivity index (χ3v) is 10.2. The third kappa shape index (κ3) is 5.01. The van der Waals surface area contributed by atoms with Crippen LogP contribution in [0, 0.1) is 28.6 Å². The largest absolute Gasteiger partial charge is 0.393 e. The average Bonchev–Trinajstić information content (AvgIpc) is 3.64. The highest BCUT2D eigenvalue weighted by Gasteiger charge is 2.55. The lowest BCUT2D eigenvalue weighted by atomic mass is 9.61. The zero-order valence-electron chi connectivity index (χ0n) is 22.9. The summed E-state index contributed by atoms with van der Waals surface area (Å²) >= 11 is 0. The van der Waals surface area contributed by atoms with Gasteiger partial charge in [-0.2, -0.15) is 0 Å². The number of aliphatic hydroxyl groups is 3. The molecule has 1 heterocycles. The Bertz CT molecular complexity index is 1150. The normalized spacial score (nSPS) is 36.4. The van der Waals surface area contributed by atoms with Gasteiger partial charge >= 0.3 is 0 Å². The van der Waals surface area contributed by atoms with E-state index in [0.717, 1.165) is 36.8 Å². The number of hydrogen-bond donors (Lipinski definition) is 3. The molecule has 4 fully saturated rings. The summed E-state index contributed by atoms with van der Waals surface area (Å²) in [5.41, 5.74) is 3.10. The first-order chi connectivity index (χ1) is 18.2. The van der Waals surface area contributed by atoms with Crippen LogP contribution in [0.3, 0.4) is 0 Å². The Kier molecular flexibility index (Phi) is 7.65. The van der Waals surface area contributed by atoms with Crippen molar-refractivity contribution in [3.8, 4) is 0 Å². The second kappa shape index (κ2) is 10.7. The quantitative estimate of drug-likeness (QED) is 0.317. The molecule has 3 N–H and O–H groups in total. The summed E-state index contributed by atoms with van der Waals surface area (Å²) in [4.78, 5) is 17.3. The molecule has 4 aliphatic rings. The Balaban J connectivity index is 1.28. The minimum absolute atomic E-state index is 0.0485. The molecule has 204 valence electrons. The number of aromatic nitrogens is 1. The highest BCUT2D eigenvalue weighted by atomic mass is 16.3. The van der Waals surface area contributed by atoms with E-state index in [2.05, 4.69) is 43.6 Å². The van der Waals surface area contributed by atoms with Crippen LogP contribution >= 0.6 is 0 Å². The first-order valence-electron chi connectivity index (χ1n) is 14.4. The lowest BCUT2D eigenvalue weighted by molar-refractivity contribution is 0.0720. The van der Waals surface area contributed by atoms with Crippen LogP contribution < -0.4 is 0 Å². The maximum atomic E-state index is 13.1. The number of hydrogen-bond acceptors (Lipinski definition) is 5. The molecule has 4 aliphatic carbocycles. The molecule has 1 aromatic heterocycles. The van der Waals surface area contributed by atoms with Crippen molar-refractivity contribution in [1.29, 1.82) is 0 Å². The third-order valence-electron chi connectivity index (χ3n) is 10.2. The summed E-state index contributed by atoms with van der Waals surface area (Å²) in [6.07, 6.45) is 16.1. The molecule has 5 heteroatoms. The van der Waals surface area contributed by atoms with Crippen molar-refractivity contribution >= 4 is 5.78 Å². The molecule has 4 saturated carbocycles. The van der Waals surface area contributed by atoms with E-state index in [-0.39, 0.29) is 11.2 Å². The van der Waals surface area contributed by atoms with Gasteiger partial charge in [-0.15, -0.1) is 0 Å². The minimum atomic E-state index is -0.785. The number of rotatable bonds is 7. The van der Waals surface area contributed by atoms with Crippen molar-refractivity contribution in [3.05, 3.63) is 77.7 Å². The monoisotopic (exact) mass is 517 g/mol. The fourth-order valence-electron chi connectivity index (χ4n) is 7.75. The molecular formula is C33H43NO4. The van der Waals surface area contributed by atoms with Gasteiger partial charge in [-0.05, 0) is 97.8 Å². The van der Waals surface area contributed by atoms with E-state index in [1.54, 1.807) is 18.3 Å². The van der Waals surface area contributed by atoms with Gasteiger partial charge in [-0.1, -0.05) is 56.4 Å². The van der Waals surface area contributed by atoms with Crippen molar-refractivity contribution in [2.45, 2.75) is 89.9 Å². The van der Waals surface area contributed by atoms with Gasteiger partial charge in [0.15, 0.2) is 5.78 Å². The fourth-order valence-corrected chi connectivity index (χ4v) is 7.75. The lowest BCUT2D eigenvalue weighted by Gasteiger charge is -2.44. The molecule has 7 atom stereocenters. The standard InChI is InChI=1S/C33H43NO4/c1-21(9-14-30(37)33(16-17-33)31(38)28-8-4-5-18-34-28)26-12-13-27-23(7-6-15-32(26,27)3)10-11-24-19-25(35)20-29(36)22(24)2/h4-5,8-11,14,18,21,25-27,29-30,35-37H,2,6-7,12-13,15-17,19-20H2,1,3H3/b14-9+,23-10+,24-11-/t21-,25-,26-,27+,29+,30-,32-/m1/s1. The van der Waals surface area contributed by atoms with Crippen LogP contribution in [0.2, 0.25) is 0 Å². The second-order valence-corrected chi connectivity index (χ2v) is 12.6. The fraction of sp³-hybridized carbons (Fsp3) is 0.576. The van der Waals surface area contributed by atoms with Crippen LogP contribution in [0.15, 0.2) is 72.0 Å². The molecular weight excluding hydrogens is 474 g/mol. The highest BCUT2D eigenvalue weighted by molar-refractivity contribution is 6.01. The molecule has 0 aliphatic heterocycles. The summed E-state index contributed by atoms with van der Waals surface area (Å²) in [6, 6.07) is 5.35. The van der Waals surface area contributed by atoms with E-state index >= 15 is 0 Å². The first-order valence-corrected chi connectivity index (χ1v) is 14.4. The number of ketones is 1. The molecule has 0 aromatic carbocycles. The predicted octanol–water partition coefficient (Wildman–Crippen LogP) is 5.74. The second-order valence-electron chi connectivity index (χ2n) is 12.6. The maximum Gasteiger partial charge on any atom is 0.190 e. The Labute approximate surface area is 227 Å². The van der Waals surface area contributed by atoms with Crippen LogP contribution in [0.25, 0.3) is 0 Å². The summed E-state index contributed by atoms with van der Waals surface area (Å²) in [5, 5.41) is 31.4. The number of pyridine rings is 1. The van der Waals surface area contributed by atoms with Gasteiger partial charge in [0.05, 0.1) is 23.7 Å². The van der Waals surface area contributed by atoms with Gasteiger partial charge < -0.3 is 15.3 Å². The molecule has 0 spiro atoms. The number of carbonyl (C=O) groups is 1. The molecule has 5 rings (SSSR count). The van der Waals surface area contributed by atoms with E-state index < -0.39 is 23.7 Å². The van der Waals surface area contributed by atoms with E-state index in [0.29, 0.717) is 49.1 Å². The van der Waals surface area contributed by atoms with Gasteiger partial charge in [0.2, 0.25) is 0 Å². The number of allylic oxidation sites excluding steroid dienone is 4. The SMILES string of the molecule is C=C1/C(=C\C=C2/CCC[C@]3(C)[C@@H]([C@H](C)/C=C/[C@@H](O)C4(C(=O)c5ccccn5)CC4)CC[C@@H]23)C[C@@H](O)C[C@@H]1O. The van der Waals surface area contributed by atoms with Crippen LogP contribution in [0.1, 0.15) is 82.1 Å². The number of fused-ring (bicyclic) bond motifs is 1. The molecule has 0 unspecified atom stereocenters. The van der Waals surface area contributed by atoms with Crippen molar-refractivity contribution < 1.29 is 20.1 Å². The van der Waals surface area contributed by atoms with Crippen molar-refractivity contribution in [2.24, 2.45) is 28.6 Å². The van der Waals surface area contributed by atoms with Crippen LogP contribution in [-0.4, -0.2) is 44.4 Å². The van der Waals surface area contributed by atoms with E-state index in [9.17, 15) is 20.1 Å². The maximum absolute atomic E-state index is 13.1. The molecule has 1 aromatic rings. The molecule has 0 radical (unpaired) electrons. The Morgan fingerprint density at radius 3 is 2.66 bits per heavy atom. The Hall–Kier alpha value is -2.34. The summed E-state index contributed by atoms with van der Waals surface area (Å²) in [5.74, 6) is 1.29. The first kappa shape index (κ1) is 27.2. The van der Waals surface area contributed by atoms with Gasteiger partial charge in [-0.25, -0.2) is 0 Å². The lowest BCUT2D eigenvalue weighted by Crippen LogP contribution is -2.35. The zero-order valence-corrected chi connectivity index (χ0v) is 22.9. The number of carbonyl (C=O) groups excluding carboxylic acids is 1. The van der Waals surface area contributed by atoms with Crippen molar-refractivity contribution in [1.82, 2.24) is 4.98 Å². The van der Waals surface area contributed by atoms with Gasteiger partial charge in [0, 0.05) is 12.6 Å². The summed E-state index contributed by atoms with van der Waals surface area (Å²) < 4.78 is 0. The van der Waals surface area contributed by atoms with E-state index in [1.165, 1.54) is 12.0 Å². The number of aliphatic hydroxyl groups excluding tert-OH is 3. The Morgan fingerprint density at radius 2 is 1.95 bits per heavy atom. The number of Topliss-reactive ketones (excluding diaryl/α,β-unsaturated/α-hetero) is 1. The van der Waals surface area contributed by atoms with Crippen molar-refractivity contribution in [2.75, 3.05) is 0 Å². The van der Waals surface area contributed by atoms with Gasteiger partial charge in [0.1, 0.15) is 5.69 Å².